The van der Waals surface area contributed by atoms with Crippen LogP contribution in [0.5, 0.6) is 5.75 Å². The molecule has 21 heavy (non-hydrogen) atoms. The monoisotopic (exact) mass is 286 g/mol. The highest BCUT2D eigenvalue weighted by atomic mass is 16.5. The fourth-order valence-electron chi connectivity index (χ4n) is 2.59. The van der Waals surface area contributed by atoms with Gasteiger partial charge in [0.25, 0.3) is 5.91 Å². The zero-order valence-electron chi connectivity index (χ0n) is 13.4. The molecule has 2 rings (SSSR count). The van der Waals surface area contributed by atoms with Gasteiger partial charge in [0, 0.05) is 5.69 Å². The lowest BCUT2D eigenvalue weighted by Crippen LogP contribution is -2.22. The van der Waals surface area contributed by atoms with E-state index >= 15 is 0 Å². The van der Waals surface area contributed by atoms with Gasteiger partial charge < -0.3 is 4.74 Å². The van der Waals surface area contributed by atoms with Crippen LogP contribution < -0.4 is 4.74 Å². The third-order valence-corrected chi connectivity index (χ3v) is 3.71. The van der Waals surface area contributed by atoms with Crippen molar-refractivity contribution >= 4 is 5.91 Å². The molecule has 0 amide bonds. The minimum Gasteiger partial charge on any atom is -0.483 e. The Labute approximate surface area is 125 Å². The quantitative estimate of drug-likeness (QED) is 0.865. The number of hydrogen-bond donors (Lipinski definition) is 0. The second-order valence-corrected chi connectivity index (χ2v) is 5.37. The second kappa shape index (κ2) is 6.12. The van der Waals surface area contributed by atoms with E-state index in [1.807, 2.05) is 45.9 Å². The lowest BCUT2D eigenvalue weighted by Gasteiger charge is -2.09. The van der Waals surface area contributed by atoms with Gasteiger partial charge in [-0.2, -0.15) is 5.10 Å². The number of carbonyl (C=O) groups is 1. The Kier molecular flexibility index (Phi) is 4.46. The van der Waals surface area contributed by atoms with Crippen molar-refractivity contribution in [3.63, 3.8) is 0 Å². The van der Waals surface area contributed by atoms with E-state index in [4.69, 9.17) is 4.74 Å². The van der Waals surface area contributed by atoms with Crippen LogP contribution >= 0.6 is 0 Å². The largest absolute Gasteiger partial charge is 0.483 e. The van der Waals surface area contributed by atoms with Gasteiger partial charge in [-0.3, -0.25) is 4.79 Å². The van der Waals surface area contributed by atoms with Crippen molar-refractivity contribution < 1.29 is 9.53 Å². The van der Waals surface area contributed by atoms with Crippen molar-refractivity contribution in [1.29, 1.82) is 0 Å². The zero-order chi connectivity index (χ0) is 15.6. The number of ether oxygens (including phenoxy) is 1. The second-order valence-electron chi connectivity index (χ2n) is 5.37. The summed E-state index contributed by atoms with van der Waals surface area (Å²) in [5.41, 5.74) is 5.16. The van der Waals surface area contributed by atoms with Crippen molar-refractivity contribution in [2.45, 2.75) is 41.0 Å². The maximum absolute atomic E-state index is 12.3. The molecule has 0 saturated heterocycles. The molecule has 0 radical (unpaired) electrons. The summed E-state index contributed by atoms with van der Waals surface area (Å²) >= 11 is 0. The molecule has 0 aliphatic carbocycles. The Morgan fingerprint density at radius 2 is 1.95 bits per heavy atom. The van der Waals surface area contributed by atoms with Gasteiger partial charge in [-0.15, -0.1) is 0 Å². The first kappa shape index (κ1) is 15.3. The standard InChI is InChI=1S/C17H22N2O2/c1-6-15-13(4)18-19(14(15)5)17(20)10-21-16-8-7-11(2)9-12(16)3/h7-9H,6,10H2,1-5H3. The molecular formula is C17H22N2O2. The number of aromatic nitrogens is 2. The molecule has 0 saturated carbocycles. The predicted octanol–water partition coefficient (Wildman–Crippen LogP) is 3.40. The Morgan fingerprint density at radius 3 is 2.52 bits per heavy atom. The Hall–Kier alpha value is -2.10. The molecular weight excluding hydrogens is 264 g/mol. The van der Waals surface area contributed by atoms with Crippen LogP contribution in [0.2, 0.25) is 0 Å². The molecule has 0 aliphatic rings. The smallest absolute Gasteiger partial charge is 0.284 e. The van der Waals surface area contributed by atoms with Crippen LogP contribution in [0.3, 0.4) is 0 Å². The van der Waals surface area contributed by atoms with E-state index in [2.05, 4.69) is 12.0 Å². The average Bonchev–Trinajstić information content (AvgIpc) is 2.72. The van der Waals surface area contributed by atoms with Gasteiger partial charge in [0.2, 0.25) is 0 Å². The van der Waals surface area contributed by atoms with Crippen molar-refractivity contribution in [2.24, 2.45) is 0 Å². The molecule has 0 fully saturated rings. The Bertz CT molecular complexity index is 672. The molecule has 0 spiro atoms. The maximum Gasteiger partial charge on any atom is 0.284 e. The lowest BCUT2D eigenvalue weighted by molar-refractivity contribution is 0.0817. The van der Waals surface area contributed by atoms with Crippen molar-refractivity contribution in [3.05, 3.63) is 46.3 Å². The molecule has 1 aromatic carbocycles. The lowest BCUT2D eigenvalue weighted by atomic mass is 10.1. The number of rotatable bonds is 4. The topological polar surface area (TPSA) is 44.1 Å². The number of aryl methyl sites for hydroxylation is 3. The summed E-state index contributed by atoms with van der Waals surface area (Å²) in [6.45, 7) is 9.93. The van der Waals surface area contributed by atoms with Crippen LogP contribution in [0, 0.1) is 27.7 Å². The number of benzene rings is 1. The molecule has 4 heteroatoms. The maximum atomic E-state index is 12.3. The van der Waals surface area contributed by atoms with Crippen LogP contribution in [0.1, 0.15) is 39.8 Å². The summed E-state index contributed by atoms with van der Waals surface area (Å²) in [4.78, 5) is 12.3. The SMILES string of the molecule is CCc1c(C)nn(C(=O)COc2ccc(C)cc2C)c1C. The minimum atomic E-state index is -0.143. The van der Waals surface area contributed by atoms with E-state index in [9.17, 15) is 4.79 Å². The summed E-state index contributed by atoms with van der Waals surface area (Å²) < 4.78 is 7.09. The van der Waals surface area contributed by atoms with Gasteiger partial charge in [0.15, 0.2) is 6.61 Å². The number of nitrogens with zero attached hydrogens (tertiary/aromatic N) is 2. The minimum absolute atomic E-state index is 0.00495. The third-order valence-electron chi connectivity index (χ3n) is 3.71. The van der Waals surface area contributed by atoms with Crippen molar-refractivity contribution in [2.75, 3.05) is 6.61 Å². The normalized spacial score (nSPS) is 10.7. The van der Waals surface area contributed by atoms with Gasteiger partial charge in [-0.05, 0) is 51.3 Å². The molecule has 0 atom stereocenters. The fourth-order valence-corrected chi connectivity index (χ4v) is 2.59. The van der Waals surface area contributed by atoms with Crippen molar-refractivity contribution in [3.8, 4) is 5.75 Å². The molecule has 4 nitrogen and oxygen atoms in total. The van der Waals surface area contributed by atoms with Crippen LogP contribution in [0.25, 0.3) is 0 Å². The van der Waals surface area contributed by atoms with E-state index in [0.717, 1.165) is 34.7 Å². The van der Waals surface area contributed by atoms with Gasteiger partial charge in [-0.1, -0.05) is 24.6 Å². The highest BCUT2D eigenvalue weighted by Crippen LogP contribution is 2.19. The van der Waals surface area contributed by atoms with Crippen molar-refractivity contribution in [1.82, 2.24) is 9.78 Å². The highest BCUT2D eigenvalue weighted by molar-refractivity contribution is 5.80. The van der Waals surface area contributed by atoms with E-state index in [0.29, 0.717) is 0 Å². The predicted molar refractivity (Wildman–Crippen MR) is 83.1 cm³/mol. The summed E-state index contributed by atoms with van der Waals surface area (Å²) in [5.74, 6) is 0.599. The molecule has 0 N–H and O–H groups in total. The first-order chi connectivity index (χ1) is 9.93. The van der Waals surface area contributed by atoms with Crippen LogP contribution in [-0.4, -0.2) is 22.3 Å². The van der Waals surface area contributed by atoms with E-state index in [1.54, 1.807) is 0 Å². The summed E-state index contributed by atoms with van der Waals surface area (Å²) in [6, 6.07) is 5.92. The zero-order valence-corrected chi connectivity index (χ0v) is 13.4. The van der Waals surface area contributed by atoms with E-state index in [1.165, 1.54) is 10.2 Å². The van der Waals surface area contributed by atoms with Gasteiger partial charge in [-0.25, -0.2) is 4.68 Å². The summed E-state index contributed by atoms with van der Waals surface area (Å²) in [7, 11) is 0. The van der Waals surface area contributed by atoms with Gasteiger partial charge in [0.1, 0.15) is 5.75 Å². The number of hydrogen-bond acceptors (Lipinski definition) is 3. The van der Waals surface area contributed by atoms with E-state index in [-0.39, 0.29) is 12.5 Å². The first-order valence-electron chi connectivity index (χ1n) is 7.22. The van der Waals surface area contributed by atoms with Crippen LogP contribution in [-0.2, 0) is 6.42 Å². The molecule has 0 bridgehead atoms. The molecule has 112 valence electrons. The fraction of sp³-hybridized carbons (Fsp3) is 0.412. The summed E-state index contributed by atoms with van der Waals surface area (Å²) in [5, 5.41) is 4.32. The molecule has 1 heterocycles. The van der Waals surface area contributed by atoms with Crippen LogP contribution in [0.15, 0.2) is 18.2 Å². The first-order valence-corrected chi connectivity index (χ1v) is 7.22. The Morgan fingerprint density at radius 1 is 1.24 bits per heavy atom. The molecule has 0 unspecified atom stereocenters. The molecule has 0 aliphatic heterocycles. The average molecular weight is 286 g/mol. The van der Waals surface area contributed by atoms with E-state index < -0.39 is 0 Å². The highest BCUT2D eigenvalue weighted by Gasteiger charge is 2.16. The van der Waals surface area contributed by atoms with Gasteiger partial charge in [0.05, 0.1) is 5.69 Å². The molecule has 2 aromatic rings. The Balaban J connectivity index is 2.12. The summed E-state index contributed by atoms with van der Waals surface area (Å²) in [6.07, 6.45) is 0.878. The van der Waals surface area contributed by atoms with Crippen LogP contribution in [0.4, 0.5) is 0 Å². The number of carbonyl (C=O) groups excluding carboxylic acids is 1. The van der Waals surface area contributed by atoms with Gasteiger partial charge >= 0.3 is 0 Å². The molecule has 1 aromatic heterocycles. The third kappa shape index (κ3) is 3.15.